The van der Waals surface area contributed by atoms with Gasteiger partial charge in [-0.15, -0.1) is 0 Å². The van der Waals surface area contributed by atoms with Crippen LogP contribution in [0.15, 0.2) is 24.3 Å². The second kappa shape index (κ2) is 53.7. The number of hydrogen-bond acceptors (Lipinski definition) is 5. The molecule has 0 saturated heterocycles. The van der Waals surface area contributed by atoms with E-state index in [1.54, 1.807) is 0 Å². The number of ether oxygens (including phenoxy) is 3. The van der Waals surface area contributed by atoms with Crippen molar-refractivity contribution in [2.24, 2.45) is 0 Å². The lowest BCUT2D eigenvalue weighted by Gasteiger charge is -2.18. The number of allylic oxidation sites excluding steroid dienone is 4. The molecule has 5 heteroatoms. The first-order valence-electron chi connectivity index (χ1n) is 27.9. The highest BCUT2D eigenvalue weighted by Gasteiger charge is 2.16. The maximum absolute atomic E-state index is 12.6. The molecule has 0 aromatic carbocycles. The Bertz CT molecular complexity index is 887. The SMILES string of the molecule is CCCCCC/C=C\CCCCCCCCCC(=O)OCC(COC(=O)CCCCCCCCC/C=C\CCCCCC)OCCCCCCCCCCCCCCCCCC. The molecule has 62 heavy (non-hydrogen) atoms. The standard InChI is InChI=1S/C57H108O5/c1-4-7-10-13-16-19-22-25-28-31-34-37-40-43-46-49-52-60-55(53-61-56(58)50-47-44-41-38-35-32-29-26-23-20-17-14-11-8-5-2)54-62-57(59)51-48-45-42-39-36-33-30-27-24-21-18-15-12-9-6-3/h20-21,23-24,55H,4-19,22,25-54H2,1-3H3/b23-20-,24-21-. The van der Waals surface area contributed by atoms with Crippen molar-refractivity contribution in [2.75, 3.05) is 19.8 Å². The quantitative estimate of drug-likeness (QED) is 0.0346. The van der Waals surface area contributed by atoms with E-state index in [-0.39, 0.29) is 25.2 Å². The first-order chi connectivity index (χ1) is 30.6. The summed E-state index contributed by atoms with van der Waals surface area (Å²) in [6, 6.07) is 0. The maximum Gasteiger partial charge on any atom is 0.305 e. The lowest BCUT2D eigenvalue weighted by atomic mass is 10.0. The zero-order valence-corrected chi connectivity index (χ0v) is 42.2. The largest absolute Gasteiger partial charge is 0.463 e. The summed E-state index contributed by atoms with van der Waals surface area (Å²) < 4.78 is 17.5. The van der Waals surface area contributed by atoms with Gasteiger partial charge in [-0.3, -0.25) is 9.59 Å². The first kappa shape index (κ1) is 60.4. The molecular formula is C57H108O5. The third-order valence-electron chi connectivity index (χ3n) is 12.5. The van der Waals surface area contributed by atoms with Crippen LogP contribution in [-0.2, 0) is 23.8 Å². The summed E-state index contributed by atoms with van der Waals surface area (Å²) in [7, 11) is 0. The smallest absolute Gasteiger partial charge is 0.305 e. The van der Waals surface area contributed by atoms with Crippen LogP contribution in [0.5, 0.6) is 0 Å². The molecule has 0 aliphatic carbocycles. The van der Waals surface area contributed by atoms with Crippen molar-refractivity contribution in [1.29, 1.82) is 0 Å². The van der Waals surface area contributed by atoms with Gasteiger partial charge in [-0.25, -0.2) is 0 Å². The molecule has 0 atom stereocenters. The van der Waals surface area contributed by atoms with E-state index in [1.807, 2.05) is 0 Å². The molecule has 0 aliphatic heterocycles. The van der Waals surface area contributed by atoms with Crippen molar-refractivity contribution in [2.45, 2.75) is 309 Å². The second-order valence-corrected chi connectivity index (χ2v) is 18.8. The summed E-state index contributed by atoms with van der Waals surface area (Å²) in [5.74, 6) is -0.328. The highest BCUT2D eigenvalue weighted by atomic mass is 16.6. The Balaban J connectivity index is 4.23. The Morgan fingerprint density at radius 2 is 0.565 bits per heavy atom. The fourth-order valence-corrected chi connectivity index (χ4v) is 8.24. The molecule has 0 rings (SSSR count). The molecule has 0 saturated carbocycles. The molecule has 0 radical (unpaired) electrons. The summed E-state index contributed by atoms with van der Waals surface area (Å²) in [4.78, 5) is 25.3. The van der Waals surface area contributed by atoms with Gasteiger partial charge in [-0.05, 0) is 70.6 Å². The third kappa shape index (κ3) is 51.0. The van der Waals surface area contributed by atoms with E-state index in [1.165, 1.54) is 231 Å². The first-order valence-corrected chi connectivity index (χ1v) is 27.9. The van der Waals surface area contributed by atoms with Gasteiger partial charge in [0.15, 0.2) is 0 Å². The van der Waals surface area contributed by atoms with Gasteiger partial charge in [0.2, 0.25) is 0 Å². The molecule has 0 bridgehead atoms. The van der Waals surface area contributed by atoms with Gasteiger partial charge >= 0.3 is 11.9 Å². The minimum Gasteiger partial charge on any atom is -0.463 e. The summed E-state index contributed by atoms with van der Waals surface area (Å²) >= 11 is 0. The average molecular weight is 873 g/mol. The summed E-state index contributed by atoms with van der Waals surface area (Å²) in [6.07, 6.45) is 63.5. The molecule has 366 valence electrons. The molecule has 0 aromatic rings. The van der Waals surface area contributed by atoms with E-state index in [9.17, 15) is 9.59 Å². The van der Waals surface area contributed by atoms with Crippen LogP contribution >= 0.6 is 0 Å². The lowest BCUT2D eigenvalue weighted by molar-refractivity contribution is -0.155. The average Bonchev–Trinajstić information content (AvgIpc) is 3.28. The third-order valence-corrected chi connectivity index (χ3v) is 12.5. The Labute approximate surface area is 387 Å². The number of unbranched alkanes of at least 4 members (excludes halogenated alkanes) is 37. The zero-order chi connectivity index (χ0) is 44.9. The van der Waals surface area contributed by atoms with Crippen molar-refractivity contribution in [3.8, 4) is 0 Å². The fourth-order valence-electron chi connectivity index (χ4n) is 8.24. The van der Waals surface area contributed by atoms with Gasteiger partial charge in [0.05, 0.1) is 0 Å². The van der Waals surface area contributed by atoms with Crippen LogP contribution in [0.2, 0.25) is 0 Å². The van der Waals surface area contributed by atoms with Crippen molar-refractivity contribution in [3.05, 3.63) is 24.3 Å². The monoisotopic (exact) mass is 873 g/mol. The number of carbonyl (C=O) groups is 2. The van der Waals surface area contributed by atoms with Gasteiger partial charge in [0, 0.05) is 19.4 Å². The minimum absolute atomic E-state index is 0.160. The highest BCUT2D eigenvalue weighted by Crippen LogP contribution is 2.16. The summed E-state index contributed by atoms with van der Waals surface area (Å²) in [6.45, 7) is 7.75. The van der Waals surface area contributed by atoms with Crippen LogP contribution in [0.3, 0.4) is 0 Å². The van der Waals surface area contributed by atoms with E-state index in [0.717, 1.165) is 38.5 Å². The van der Waals surface area contributed by atoms with E-state index >= 15 is 0 Å². The van der Waals surface area contributed by atoms with Crippen LogP contribution in [0.4, 0.5) is 0 Å². The molecule has 0 unspecified atom stereocenters. The van der Waals surface area contributed by atoms with E-state index in [2.05, 4.69) is 45.1 Å². The van der Waals surface area contributed by atoms with Crippen LogP contribution in [-0.4, -0.2) is 37.9 Å². The number of carbonyl (C=O) groups excluding carboxylic acids is 2. The number of esters is 2. The maximum atomic E-state index is 12.6. The van der Waals surface area contributed by atoms with Crippen LogP contribution in [0, 0.1) is 0 Å². The zero-order valence-electron chi connectivity index (χ0n) is 42.2. The van der Waals surface area contributed by atoms with Crippen LogP contribution in [0.25, 0.3) is 0 Å². The normalized spacial score (nSPS) is 11.8. The van der Waals surface area contributed by atoms with Gasteiger partial charge < -0.3 is 14.2 Å². The second-order valence-electron chi connectivity index (χ2n) is 18.8. The van der Waals surface area contributed by atoms with Gasteiger partial charge in [-0.2, -0.15) is 0 Å². The van der Waals surface area contributed by atoms with Crippen LogP contribution in [0.1, 0.15) is 303 Å². The van der Waals surface area contributed by atoms with Crippen molar-refractivity contribution >= 4 is 11.9 Å². The predicted octanol–water partition coefficient (Wildman–Crippen LogP) is 18.8. The number of hydrogen-bond donors (Lipinski definition) is 0. The Morgan fingerprint density at radius 3 is 0.871 bits per heavy atom. The molecule has 0 amide bonds. The topological polar surface area (TPSA) is 61.8 Å². The van der Waals surface area contributed by atoms with Gasteiger partial charge in [0.1, 0.15) is 19.3 Å². The van der Waals surface area contributed by atoms with Crippen LogP contribution < -0.4 is 0 Å². The molecule has 0 heterocycles. The molecule has 0 N–H and O–H groups in total. The fraction of sp³-hybridized carbons (Fsp3) is 0.895. The van der Waals surface area contributed by atoms with Crippen molar-refractivity contribution in [1.82, 2.24) is 0 Å². The lowest BCUT2D eigenvalue weighted by Crippen LogP contribution is -2.29. The summed E-state index contributed by atoms with van der Waals surface area (Å²) in [5, 5.41) is 0. The van der Waals surface area contributed by atoms with Gasteiger partial charge in [0.25, 0.3) is 0 Å². The molecule has 0 aliphatic rings. The van der Waals surface area contributed by atoms with Crippen molar-refractivity contribution in [3.63, 3.8) is 0 Å². The number of rotatable bonds is 52. The molecule has 0 aromatic heterocycles. The minimum atomic E-state index is -0.397. The molecular weight excluding hydrogens is 765 g/mol. The Morgan fingerprint density at radius 1 is 0.323 bits per heavy atom. The van der Waals surface area contributed by atoms with E-state index in [4.69, 9.17) is 14.2 Å². The van der Waals surface area contributed by atoms with E-state index in [0.29, 0.717) is 19.4 Å². The van der Waals surface area contributed by atoms with Gasteiger partial charge in [-0.1, -0.05) is 244 Å². The predicted molar refractivity (Wildman–Crippen MR) is 270 cm³/mol. The molecule has 0 spiro atoms. The summed E-state index contributed by atoms with van der Waals surface area (Å²) in [5.41, 5.74) is 0. The highest BCUT2D eigenvalue weighted by molar-refractivity contribution is 5.69. The Kier molecular flexibility index (Phi) is 52.3. The Hall–Kier alpha value is -1.62. The van der Waals surface area contributed by atoms with E-state index < -0.39 is 6.10 Å². The van der Waals surface area contributed by atoms with Crippen molar-refractivity contribution < 1.29 is 23.8 Å². The molecule has 0 fully saturated rings. The molecule has 5 nitrogen and oxygen atoms in total.